The second-order valence-electron chi connectivity index (χ2n) is 15.8. The van der Waals surface area contributed by atoms with Gasteiger partial charge >= 0.3 is 37.9 Å². The second-order valence-corrected chi connectivity index (χ2v) is 20.8. The SMILES string of the molecule is CCc1ccc2[cH-]c(CC(C)C)cc2c1-c1ccccc1.CCc1ccc2[cH-]c(CC(C)C)cc2c1-c1ccccc1.[Cl][Zr][Cl].[c-]1cccc2c1[Si]c1ccccc1-2. The number of benzene rings is 6. The van der Waals surface area contributed by atoms with Crippen molar-refractivity contribution in [1.82, 2.24) is 0 Å². The summed E-state index contributed by atoms with van der Waals surface area (Å²) in [5.41, 5.74) is 14.1. The van der Waals surface area contributed by atoms with Crippen molar-refractivity contribution >= 4 is 58.5 Å². The van der Waals surface area contributed by atoms with E-state index < -0.39 is 20.8 Å². The van der Waals surface area contributed by atoms with Crippen molar-refractivity contribution in [2.45, 2.75) is 67.2 Å². The molecule has 1 aliphatic heterocycles. The first kappa shape index (κ1) is 43.8. The summed E-state index contributed by atoms with van der Waals surface area (Å²) in [4.78, 5) is 0. The topological polar surface area (TPSA) is 0 Å². The van der Waals surface area contributed by atoms with E-state index in [1.807, 2.05) is 6.07 Å². The third-order valence-electron chi connectivity index (χ3n) is 10.6. The Balaban J connectivity index is 0.000000145. The van der Waals surface area contributed by atoms with Gasteiger partial charge in [0, 0.05) is 0 Å². The Kier molecular flexibility index (Phi) is 16.2. The van der Waals surface area contributed by atoms with Crippen LogP contribution >= 0.6 is 17.0 Å². The fraction of sp³-hybridized carbons (Fsp3) is 0.222. The van der Waals surface area contributed by atoms with Gasteiger partial charge in [0.05, 0.1) is 9.52 Å². The summed E-state index contributed by atoms with van der Waals surface area (Å²) >= 11 is -0.826. The van der Waals surface area contributed by atoms with Crippen molar-refractivity contribution in [1.29, 1.82) is 0 Å². The van der Waals surface area contributed by atoms with E-state index in [4.69, 9.17) is 17.0 Å². The zero-order valence-electron chi connectivity index (χ0n) is 34.7. The van der Waals surface area contributed by atoms with Crippen LogP contribution in [-0.4, -0.2) is 9.52 Å². The van der Waals surface area contributed by atoms with Gasteiger partial charge in [0.2, 0.25) is 0 Å². The zero-order valence-corrected chi connectivity index (χ0v) is 39.6. The van der Waals surface area contributed by atoms with Crippen LogP contribution in [0.5, 0.6) is 0 Å². The molecule has 0 saturated carbocycles. The summed E-state index contributed by atoms with van der Waals surface area (Å²) in [6.45, 7) is 13.6. The van der Waals surface area contributed by atoms with Crippen LogP contribution in [0.25, 0.3) is 54.9 Å². The fourth-order valence-corrected chi connectivity index (χ4v) is 9.47. The van der Waals surface area contributed by atoms with Gasteiger partial charge in [-0.1, -0.05) is 159 Å². The summed E-state index contributed by atoms with van der Waals surface area (Å²) < 4.78 is 0. The Morgan fingerprint density at radius 3 is 1.48 bits per heavy atom. The quantitative estimate of drug-likeness (QED) is 0.105. The van der Waals surface area contributed by atoms with Crippen LogP contribution in [0.1, 0.15) is 63.8 Å². The Bertz CT molecular complexity index is 2330. The summed E-state index contributed by atoms with van der Waals surface area (Å²) in [6, 6.07) is 58.4. The van der Waals surface area contributed by atoms with Gasteiger partial charge in [-0.3, -0.25) is 0 Å². The molecule has 8 aromatic rings. The van der Waals surface area contributed by atoms with Gasteiger partial charge < -0.3 is 0 Å². The van der Waals surface area contributed by atoms with Crippen molar-refractivity contribution in [2.75, 3.05) is 0 Å². The summed E-state index contributed by atoms with van der Waals surface area (Å²) in [6.07, 6.45) is 4.46. The number of fused-ring (bicyclic) bond motifs is 5. The van der Waals surface area contributed by atoms with E-state index in [9.17, 15) is 0 Å². The molecule has 0 aliphatic carbocycles. The molecule has 0 spiro atoms. The molecule has 9 rings (SSSR count). The average molecular weight is 892 g/mol. The molecule has 0 amide bonds. The molecule has 4 heteroatoms. The first-order valence-corrected chi connectivity index (χ1v) is 27.9. The molecule has 0 bridgehead atoms. The van der Waals surface area contributed by atoms with Crippen LogP contribution in [0.2, 0.25) is 0 Å². The zero-order chi connectivity index (χ0) is 41.0. The van der Waals surface area contributed by atoms with E-state index >= 15 is 0 Å². The molecular weight excluding hydrogens is 839 g/mol. The van der Waals surface area contributed by atoms with E-state index in [0.717, 1.165) is 35.2 Å². The molecule has 8 aromatic carbocycles. The Morgan fingerprint density at radius 2 is 1.02 bits per heavy atom. The van der Waals surface area contributed by atoms with Gasteiger partial charge in [-0.25, -0.2) is 0 Å². The molecule has 0 unspecified atom stereocenters. The van der Waals surface area contributed by atoms with Gasteiger partial charge in [-0.05, 0) is 48.6 Å². The van der Waals surface area contributed by atoms with Crippen molar-refractivity contribution in [3.05, 3.63) is 180 Å². The molecule has 1 heterocycles. The minimum absolute atomic E-state index is 0.702. The molecule has 0 aromatic heterocycles. The Morgan fingerprint density at radius 1 is 0.569 bits per heavy atom. The second kappa shape index (κ2) is 21.5. The minimum Gasteiger partial charge on any atom is -0.184 e. The number of halogens is 2. The average Bonchev–Trinajstić information content (AvgIpc) is 3.95. The van der Waals surface area contributed by atoms with Crippen LogP contribution in [0, 0.1) is 17.9 Å². The molecule has 0 saturated heterocycles. The predicted molar refractivity (Wildman–Crippen MR) is 253 cm³/mol. The maximum Gasteiger partial charge on any atom is 0.0920 e. The molecular formula is C54H53Cl2SiZr-3. The van der Waals surface area contributed by atoms with E-state index in [0.29, 0.717) is 11.8 Å². The maximum atomic E-state index is 4.93. The van der Waals surface area contributed by atoms with Crippen LogP contribution in [0.3, 0.4) is 0 Å². The fourth-order valence-electron chi connectivity index (χ4n) is 8.16. The molecule has 294 valence electrons. The molecule has 1 aliphatic rings. The largest absolute Gasteiger partial charge is 0.184 e. The van der Waals surface area contributed by atoms with Crippen LogP contribution in [-0.2, 0) is 46.5 Å². The molecule has 0 nitrogen and oxygen atoms in total. The van der Waals surface area contributed by atoms with E-state index in [1.165, 1.54) is 87.6 Å². The monoisotopic (exact) mass is 889 g/mol. The van der Waals surface area contributed by atoms with Crippen molar-refractivity contribution < 1.29 is 20.8 Å². The van der Waals surface area contributed by atoms with Crippen LogP contribution in [0.15, 0.2) is 152 Å². The van der Waals surface area contributed by atoms with E-state index in [-0.39, 0.29) is 0 Å². The minimum atomic E-state index is -0.826. The normalized spacial score (nSPS) is 11.3. The summed E-state index contributed by atoms with van der Waals surface area (Å²) in [7, 11) is 10.7. The molecule has 0 atom stereocenters. The molecule has 0 N–H and O–H groups in total. The van der Waals surface area contributed by atoms with Crippen molar-refractivity contribution in [2.24, 2.45) is 11.8 Å². The van der Waals surface area contributed by atoms with E-state index in [1.54, 1.807) is 0 Å². The first-order valence-electron chi connectivity index (χ1n) is 20.6. The van der Waals surface area contributed by atoms with Gasteiger partial charge in [0.1, 0.15) is 0 Å². The number of aryl methyl sites for hydroxylation is 2. The van der Waals surface area contributed by atoms with Crippen molar-refractivity contribution in [3.63, 3.8) is 0 Å². The van der Waals surface area contributed by atoms with Gasteiger partial charge in [0.15, 0.2) is 0 Å². The number of rotatable bonds is 8. The third-order valence-corrected chi connectivity index (χ3v) is 11.9. The van der Waals surface area contributed by atoms with Crippen LogP contribution in [0.4, 0.5) is 0 Å². The summed E-state index contributed by atoms with van der Waals surface area (Å²) in [5, 5.41) is 8.40. The third kappa shape index (κ3) is 10.9. The Labute approximate surface area is 368 Å². The van der Waals surface area contributed by atoms with E-state index in [2.05, 4.69) is 193 Å². The number of hydrogen-bond acceptors (Lipinski definition) is 0. The molecule has 2 radical (unpaired) electrons. The van der Waals surface area contributed by atoms with Crippen LogP contribution < -0.4 is 10.4 Å². The van der Waals surface area contributed by atoms with Gasteiger partial charge in [-0.2, -0.15) is 41.6 Å². The van der Waals surface area contributed by atoms with Gasteiger partial charge in [0.25, 0.3) is 0 Å². The smallest absolute Gasteiger partial charge is 0.0920 e. The molecule has 58 heavy (non-hydrogen) atoms. The standard InChI is InChI=1S/2C21H23.C12H7Si.2ClH.Zr/c2*1-4-17-10-11-19-13-16(12-15(2)3)14-20(19)21(17)18-8-6-5-7-9-18;1-3-7-11-9(5-1)10-6-2-4-8-12(10)13-11;;;/h2*5-11,13-15H,4,12H2,1-3H3;1-7H;2*1H;/q3*-1;;;+2/p-2. The molecule has 0 fully saturated rings. The Hall–Kier alpha value is -3.78. The predicted octanol–water partition coefficient (Wildman–Crippen LogP) is 14.5. The van der Waals surface area contributed by atoms with Gasteiger partial charge in [-0.15, -0.1) is 74.6 Å². The first-order chi connectivity index (χ1) is 28.2. The number of hydrogen-bond donors (Lipinski definition) is 0. The maximum absolute atomic E-state index is 4.93. The summed E-state index contributed by atoms with van der Waals surface area (Å²) in [5.74, 6) is 1.40. The van der Waals surface area contributed by atoms with Crippen molar-refractivity contribution in [3.8, 4) is 33.4 Å².